The number of benzene rings is 2. The second kappa shape index (κ2) is 8.33. The van der Waals surface area contributed by atoms with Crippen molar-refractivity contribution in [2.75, 3.05) is 5.32 Å². The van der Waals surface area contributed by atoms with E-state index in [0.717, 1.165) is 22.5 Å². The van der Waals surface area contributed by atoms with Crippen LogP contribution >= 0.6 is 23.6 Å². The van der Waals surface area contributed by atoms with Gasteiger partial charge in [-0.05, 0) is 81.4 Å². The van der Waals surface area contributed by atoms with E-state index < -0.39 is 0 Å². The highest BCUT2D eigenvalue weighted by Crippen LogP contribution is 2.24. The first kappa shape index (κ1) is 21.9. The van der Waals surface area contributed by atoms with Gasteiger partial charge in [-0.15, -0.1) is 0 Å². The Morgan fingerprint density at radius 2 is 1.75 bits per heavy atom. The minimum absolute atomic E-state index is 0.0639. The molecular weight excluding hydrogens is 444 g/mol. The molecule has 164 valence electrons. The zero-order chi connectivity index (χ0) is 23.2. The van der Waals surface area contributed by atoms with Gasteiger partial charge in [-0.2, -0.15) is 0 Å². The van der Waals surface area contributed by atoms with Gasteiger partial charge in [0.15, 0.2) is 3.95 Å². The Labute approximate surface area is 193 Å². The highest BCUT2D eigenvalue weighted by molar-refractivity contribution is 7.73. The fraction of sp³-hybridized carbons (Fsp3) is 0.217. The van der Waals surface area contributed by atoms with E-state index in [1.54, 1.807) is 22.6 Å². The molecule has 2 amide bonds. The molecule has 3 N–H and O–H groups in total. The number of aromatic nitrogens is 2. The molecule has 0 radical (unpaired) electrons. The van der Waals surface area contributed by atoms with Crippen molar-refractivity contribution >= 4 is 57.6 Å². The summed E-state index contributed by atoms with van der Waals surface area (Å²) in [4.78, 5) is 41.4. The standard InChI is InChI=1S/C23H22N4O3S2/c1-11(2)24-22(30)18-19-26-21(29)16-6-5-14(10-17(16)27(19)23(31)32-18)20(28)25-15-8-12(3)7-13(4)9-15/h5-11H,1-4H3,(H,24,30)(H,25,28)(H,26,29). The average Bonchev–Trinajstić information content (AvgIpc) is 3.03. The second-order valence-corrected chi connectivity index (χ2v) is 9.67. The van der Waals surface area contributed by atoms with E-state index in [1.807, 2.05) is 45.9 Å². The first-order valence-corrected chi connectivity index (χ1v) is 11.3. The number of nitrogens with one attached hydrogen (secondary N) is 3. The maximum atomic E-state index is 12.9. The number of amides is 2. The van der Waals surface area contributed by atoms with Gasteiger partial charge >= 0.3 is 0 Å². The van der Waals surface area contributed by atoms with Crippen molar-refractivity contribution in [3.63, 3.8) is 0 Å². The first-order valence-electron chi connectivity index (χ1n) is 10.1. The molecule has 2 heterocycles. The molecule has 0 bridgehead atoms. The number of fused-ring (bicyclic) bond motifs is 3. The van der Waals surface area contributed by atoms with Crippen LogP contribution in [0, 0.1) is 17.8 Å². The molecule has 4 rings (SSSR count). The SMILES string of the molecule is Cc1cc(C)cc(NC(=O)c2ccc3c(=O)[nH]c4c(C(=O)NC(C)C)sc(=S)n4c3c2)c1. The molecule has 2 aromatic heterocycles. The lowest BCUT2D eigenvalue weighted by Crippen LogP contribution is -2.30. The third-order valence-electron chi connectivity index (χ3n) is 4.89. The van der Waals surface area contributed by atoms with Gasteiger partial charge in [0, 0.05) is 17.3 Å². The summed E-state index contributed by atoms with van der Waals surface area (Å²) in [6, 6.07) is 10.6. The predicted molar refractivity (Wildman–Crippen MR) is 131 cm³/mol. The predicted octanol–water partition coefficient (Wildman–Crippen LogP) is 4.58. The monoisotopic (exact) mass is 466 g/mol. The van der Waals surface area contributed by atoms with E-state index in [-0.39, 0.29) is 23.4 Å². The van der Waals surface area contributed by atoms with E-state index in [1.165, 1.54) is 0 Å². The van der Waals surface area contributed by atoms with Crippen molar-refractivity contribution in [2.45, 2.75) is 33.7 Å². The van der Waals surface area contributed by atoms with Crippen molar-refractivity contribution in [1.82, 2.24) is 14.7 Å². The summed E-state index contributed by atoms with van der Waals surface area (Å²) in [5.41, 5.74) is 3.61. The number of anilines is 1. The van der Waals surface area contributed by atoms with Gasteiger partial charge in [0.2, 0.25) is 0 Å². The smallest absolute Gasteiger partial charge is 0.265 e. The number of thiazole rings is 1. The van der Waals surface area contributed by atoms with E-state index in [2.05, 4.69) is 15.6 Å². The van der Waals surface area contributed by atoms with Gasteiger partial charge in [0.05, 0.1) is 10.9 Å². The van der Waals surface area contributed by atoms with Crippen LogP contribution < -0.4 is 16.2 Å². The van der Waals surface area contributed by atoms with Crippen molar-refractivity contribution < 1.29 is 9.59 Å². The Morgan fingerprint density at radius 1 is 1.06 bits per heavy atom. The number of aromatic amines is 1. The van der Waals surface area contributed by atoms with Crippen molar-refractivity contribution in [3.05, 3.63) is 72.3 Å². The van der Waals surface area contributed by atoms with E-state index in [4.69, 9.17) is 12.2 Å². The topological polar surface area (TPSA) is 95.5 Å². The molecule has 4 aromatic rings. The van der Waals surface area contributed by atoms with E-state index >= 15 is 0 Å². The molecule has 2 aromatic carbocycles. The van der Waals surface area contributed by atoms with Crippen LogP contribution in [0.2, 0.25) is 0 Å². The largest absolute Gasteiger partial charge is 0.349 e. The average molecular weight is 467 g/mol. The Balaban J connectivity index is 1.84. The third kappa shape index (κ3) is 4.09. The number of nitrogens with zero attached hydrogens (tertiary/aromatic N) is 1. The Hall–Kier alpha value is -3.30. The molecule has 0 aliphatic heterocycles. The fourth-order valence-corrected chi connectivity index (χ4v) is 4.95. The summed E-state index contributed by atoms with van der Waals surface area (Å²) < 4.78 is 2.04. The molecule has 0 aliphatic carbocycles. The van der Waals surface area contributed by atoms with Crippen LogP contribution in [0.4, 0.5) is 5.69 Å². The summed E-state index contributed by atoms with van der Waals surface area (Å²) in [7, 11) is 0. The van der Waals surface area contributed by atoms with Crippen LogP contribution in [0.5, 0.6) is 0 Å². The Bertz CT molecular complexity index is 1490. The maximum absolute atomic E-state index is 12.9. The van der Waals surface area contributed by atoms with Gasteiger partial charge in [0.1, 0.15) is 10.5 Å². The van der Waals surface area contributed by atoms with Crippen molar-refractivity contribution in [3.8, 4) is 0 Å². The number of carbonyl (C=O) groups excluding carboxylic acids is 2. The molecular formula is C23H22N4O3S2. The zero-order valence-electron chi connectivity index (χ0n) is 18.0. The van der Waals surface area contributed by atoms with E-state index in [0.29, 0.717) is 36.6 Å². The number of hydrogen-bond acceptors (Lipinski definition) is 5. The third-order valence-corrected chi connectivity index (χ3v) is 6.27. The van der Waals surface area contributed by atoms with Crippen LogP contribution in [0.15, 0.2) is 41.2 Å². The summed E-state index contributed by atoms with van der Waals surface area (Å²) >= 11 is 6.62. The highest BCUT2D eigenvalue weighted by Gasteiger charge is 2.19. The van der Waals surface area contributed by atoms with Crippen LogP contribution in [0.25, 0.3) is 16.6 Å². The van der Waals surface area contributed by atoms with Gasteiger partial charge in [-0.1, -0.05) is 17.4 Å². The number of aryl methyl sites for hydroxylation is 2. The molecule has 9 heteroatoms. The maximum Gasteiger partial charge on any atom is 0.265 e. The van der Waals surface area contributed by atoms with Crippen molar-refractivity contribution in [1.29, 1.82) is 0 Å². The lowest BCUT2D eigenvalue weighted by Gasteiger charge is -2.10. The number of carbonyl (C=O) groups is 2. The summed E-state index contributed by atoms with van der Waals surface area (Å²) in [5.74, 6) is -0.609. The molecule has 0 saturated heterocycles. The normalized spacial score (nSPS) is 11.3. The minimum Gasteiger partial charge on any atom is -0.349 e. The summed E-state index contributed by atoms with van der Waals surface area (Å²) in [5, 5.41) is 6.11. The van der Waals surface area contributed by atoms with Gasteiger partial charge in [-0.3, -0.25) is 18.8 Å². The quantitative estimate of drug-likeness (QED) is 0.384. The van der Waals surface area contributed by atoms with Crippen LogP contribution in [0.1, 0.15) is 45.0 Å². The molecule has 7 nitrogen and oxygen atoms in total. The summed E-state index contributed by atoms with van der Waals surface area (Å²) in [6.45, 7) is 7.64. The van der Waals surface area contributed by atoms with Crippen LogP contribution in [-0.2, 0) is 0 Å². The fourth-order valence-electron chi connectivity index (χ4n) is 3.66. The number of H-pyrrole nitrogens is 1. The van der Waals surface area contributed by atoms with Gasteiger partial charge in [0.25, 0.3) is 17.4 Å². The lowest BCUT2D eigenvalue weighted by atomic mass is 10.1. The molecule has 0 fully saturated rings. The number of rotatable bonds is 4. The lowest BCUT2D eigenvalue weighted by molar-refractivity contribution is 0.0947. The highest BCUT2D eigenvalue weighted by atomic mass is 32.1. The van der Waals surface area contributed by atoms with Crippen molar-refractivity contribution in [2.24, 2.45) is 0 Å². The molecule has 0 saturated carbocycles. The van der Waals surface area contributed by atoms with Crippen LogP contribution in [-0.4, -0.2) is 27.2 Å². The minimum atomic E-state index is -0.354. The van der Waals surface area contributed by atoms with Gasteiger partial charge < -0.3 is 15.6 Å². The Morgan fingerprint density at radius 3 is 2.41 bits per heavy atom. The summed E-state index contributed by atoms with van der Waals surface area (Å²) in [6.07, 6.45) is 0. The molecule has 0 aliphatic rings. The first-order chi connectivity index (χ1) is 15.1. The number of hydrogen-bond donors (Lipinski definition) is 3. The Kier molecular flexibility index (Phi) is 5.70. The van der Waals surface area contributed by atoms with Crippen LogP contribution in [0.3, 0.4) is 0 Å². The molecule has 0 spiro atoms. The second-order valence-electron chi connectivity index (χ2n) is 8.03. The molecule has 0 unspecified atom stereocenters. The van der Waals surface area contributed by atoms with Gasteiger partial charge in [-0.25, -0.2) is 0 Å². The molecule has 32 heavy (non-hydrogen) atoms. The zero-order valence-corrected chi connectivity index (χ0v) is 19.7. The molecule has 0 atom stereocenters. The van der Waals surface area contributed by atoms with E-state index in [9.17, 15) is 14.4 Å².